The first-order chi connectivity index (χ1) is 13.2. The van der Waals surface area contributed by atoms with E-state index in [-0.39, 0.29) is 6.54 Å². The van der Waals surface area contributed by atoms with Crippen LogP contribution >= 0.6 is 0 Å². The van der Waals surface area contributed by atoms with Gasteiger partial charge in [0.1, 0.15) is 18.3 Å². The molecule has 0 bridgehead atoms. The van der Waals surface area contributed by atoms with Gasteiger partial charge in [-0.1, -0.05) is 6.92 Å². The molecular weight excluding hydrogens is 376 g/mol. The molecule has 0 aromatic heterocycles. The molecule has 11 heteroatoms. The molecule has 1 aliphatic rings. The SMILES string of the molecule is CCCOCCCNC(=O)[C@@]1(O)C[C@@H](O)[C@@H](NC(C)=O)C([C@H](O)[C@H](O)CO)O1. The second-order valence-electron chi connectivity index (χ2n) is 6.83. The highest BCUT2D eigenvalue weighted by atomic mass is 16.6. The van der Waals surface area contributed by atoms with Crippen molar-refractivity contribution in [3.8, 4) is 0 Å². The Morgan fingerprint density at radius 1 is 1.32 bits per heavy atom. The first-order valence-electron chi connectivity index (χ1n) is 9.34. The monoisotopic (exact) mass is 408 g/mol. The van der Waals surface area contributed by atoms with Gasteiger partial charge in [-0.25, -0.2) is 0 Å². The van der Waals surface area contributed by atoms with Crippen LogP contribution in [-0.4, -0.2) is 100.0 Å². The number of hydrogen-bond donors (Lipinski definition) is 7. The molecule has 28 heavy (non-hydrogen) atoms. The van der Waals surface area contributed by atoms with Gasteiger partial charge in [0.05, 0.1) is 18.8 Å². The predicted molar refractivity (Wildman–Crippen MR) is 95.9 cm³/mol. The van der Waals surface area contributed by atoms with Crippen molar-refractivity contribution < 1.29 is 44.6 Å². The summed E-state index contributed by atoms with van der Waals surface area (Å²) in [4.78, 5) is 23.8. The highest BCUT2D eigenvalue weighted by Crippen LogP contribution is 2.30. The Bertz CT molecular complexity index is 507. The van der Waals surface area contributed by atoms with Gasteiger partial charge in [0.25, 0.3) is 5.91 Å². The van der Waals surface area contributed by atoms with Crippen LogP contribution in [0.5, 0.6) is 0 Å². The normalized spacial score (nSPS) is 29.8. The van der Waals surface area contributed by atoms with Crippen molar-refractivity contribution in [2.75, 3.05) is 26.4 Å². The molecule has 164 valence electrons. The lowest BCUT2D eigenvalue weighted by molar-refractivity contribution is -0.287. The van der Waals surface area contributed by atoms with E-state index in [4.69, 9.17) is 14.6 Å². The summed E-state index contributed by atoms with van der Waals surface area (Å²) in [5.74, 6) is -3.97. The summed E-state index contributed by atoms with van der Waals surface area (Å²) in [6.07, 6.45) is -5.64. The van der Waals surface area contributed by atoms with Gasteiger partial charge in [0, 0.05) is 33.1 Å². The number of hydrogen-bond acceptors (Lipinski definition) is 9. The molecular formula is C17H32N2O9. The Morgan fingerprint density at radius 2 is 2.00 bits per heavy atom. The molecule has 0 aromatic rings. The van der Waals surface area contributed by atoms with Gasteiger partial charge in [0.2, 0.25) is 11.7 Å². The van der Waals surface area contributed by atoms with Gasteiger partial charge in [-0.2, -0.15) is 0 Å². The standard InChI is InChI=1S/C17H32N2O9/c1-3-6-27-7-4-5-18-16(25)17(26)8-11(22)13(19-10(2)21)15(28-17)14(24)12(23)9-20/h11-15,20,22-24,26H,3-9H2,1-2H3,(H,18,25)(H,19,21)/t11-,12-,13-,14-,15?,17-/m1/s1. The number of carbonyl (C=O) groups is 2. The van der Waals surface area contributed by atoms with Crippen molar-refractivity contribution in [3.05, 3.63) is 0 Å². The lowest BCUT2D eigenvalue weighted by atomic mass is 9.88. The fraction of sp³-hybridized carbons (Fsp3) is 0.882. The quantitative estimate of drug-likeness (QED) is 0.175. The van der Waals surface area contributed by atoms with E-state index in [0.717, 1.165) is 6.42 Å². The van der Waals surface area contributed by atoms with Crippen molar-refractivity contribution in [3.63, 3.8) is 0 Å². The Balaban J connectivity index is 2.81. The molecule has 2 amide bonds. The van der Waals surface area contributed by atoms with Crippen molar-refractivity contribution in [2.45, 2.75) is 69.4 Å². The maximum atomic E-state index is 12.4. The maximum absolute atomic E-state index is 12.4. The Morgan fingerprint density at radius 3 is 2.57 bits per heavy atom. The molecule has 0 saturated carbocycles. The van der Waals surface area contributed by atoms with Crippen molar-refractivity contribution >= 4 is 11.8 Å². The lowest BCUT2D eigenvalue weighted by Crippen LogP contribution is -2.68. The minimum absolute atomic E-state index is 0.186. The molecule has 1 rings (SSSR count). The minimum Gasteiger partial charge on any atom is -0.394 e. The molecule has 6 atom stereocenters. The minimum atomic E-state index is -2.49. The summed E-state index contributed by atoms with van der Waals surface area (Å²) < 4.78 is 10.6. The van der Waals surface area contributed by atoms with Crippen LogP contribution in [0.4, 0.5) is 0 Å². The van der Waals surface area contributed by atoms with Gasteiger partial charge in [-0.15, -0.1) is 0 Å². The van der Waals surface area contributed by atoms with Gasteiger partial charge in [0.15, 0.2) is 0 Å². The van der Waals surface area contributed by atoms with Gasteiger partial charge >= 0.3 is 0 Å². The first kappa shape index (κ1) is 24.7. The largest absolute Gasteiger partial charge is 0.394 e. The second kappa shape index (κ2) is 11.6. The van der Waals surface area contributed by atoms with Crippen LogP contribution in [0, 0.1) is 0 Å². The molecule has 0 aromatic carbocycles. The Hall–Kier alpha value is -1.34. The third-order valence-corrected chi connectivity index (χ3v) is 4.33. The van der Waals surface area contributed by atoms with E-state index >= 15 is 0 Å². The number of aliphatic hydroxyl groups is 5. The lowest BCUT2D eigenvalue weighted by Gasteiger charge is -2.45. The average Bonchev–Trinajstić information content (AvgIpc) is 2.64. The Labute approximate surface area is 163 Å². The molecule has 0 aliphatic carbocycles. The predicted octanol–water partition coefficient (Wildman–Crippen LogP) is -3.02. The third-order valence-electron chi connectivity index (χ3n) is 4.33. The number of amides is 2. The molecule has 7 N–H and O–H groups in total. The van der Waals surface area contributed by atoms with Crippen molar-refractivity contribution in [1.29, 1.82) is 0 Å². The van der Waals surface area contributed by atoms with Gasteiger partial charge in [-0.3, -0.25) is 9.59 Å². The molecule has 0 radical (unpaired) electrons. The molecule has 1 fully saturated rings. The maximum Gasteiger partial charge on any atom is 0.280 e. The first-order valence-corrected chi connectivity index (χ1v) is 9.34. The summed E-state index contributed by atoms with van der Waals surface area (Å²) in [5.41, 5.74) is 0. The van der Waals surface area contributed by atoms with E-state index in [2.05, 4.69) is 10.6 Å². The smallest absolute Gasteiger partial charge is 0.280 e. The van der Waals surface area contributed by atoms with E-state index in [1.54, 1.807) is 0 Å². The molecule has 11 nitrogen and oxygen atoms in total. The zero-order valence-corrected chi connectivity index (χ0v) is 16.2. The van der Waals surface area contributed by atoms with E-state index in [0.29, 0.717) is 19.6 Å². The van der Waals surface area contributed by atoms with E-state index in [1.807, 2.05) is 6.92 Å². The summed E-state index contributed by atoms with van der Waals surface area (Å²) in [6, 6.07) is -1.20. The summed E-state index contributed by atoms with van der Waals surface area (Å²) in [7, 11) is 0. The van der Waals surface area contributed by atoms with Gasteiger partial charge in [-0.05, 0) is 12.8 Å². The number of rotatable bonds is 11. The fourth-order valence-electron chi connectivity index (χ4n) is 2.90. The van der Waals surface area contributed by atoms with Crippen LogP contribution in [0.3, 0.4) is 0 Å². The van der Waals surface area contributed by atoms with E-state index in [9.17, 15) is 30.0 Å². The number of nitrogens with one attached hydrogen (secondary N) is 2. The molecule has 1 saturated heterocycles. The van der Waals surface area contributed by atoms with Crippen LogP contribution in [0.25, 0.3) is 0 Å². The van der Waals surface area contributed by atoms with Crippen molar-refractivity contribution in [1.82, 2.24) is 10.6 Å². The number of carbonyl (C=O) groups excluding carboxylic acids is 2. The average molecular weight is 408 g/mol. The Kier molecular flexibility index (Phi) is 10.2. The zero-order chi connectivity index (χ0) is 21.3. The third kappa shape index (κ3) is 6.92. The van der Waals surface area contributed by atoms with Crippen LogP contribution < -0.4 is 10.6 Å². The topological polar surface area (TPSA) is 178 Å². The van der Waals surface area contributed by atoms with Crippen LogP contribution in [0.1, 0.15) is 33.1 Å². The van der Waals surface area contributed by atoms with Crippen LogP contribution in [0.15, 0.2) is 0 Å². The zero-order valence-electron chi connectivity index (χ0n) is 16.2. The van der Waals surface area contributed by atoms with E-state index < -0.39 is 61.1 Å². The number of ether oxygens (including phenoxy) is 2. The molecule has 0 spiro atoms. The highest BCUT2D eigenvalue weighted by Gasteiger charge is 2.53. The molecule has 1 unspecified atom stereocenters. The van der Waals surface area contributed by atoms with Crippen molar-refractivity contribution in [2.24, 2.45) is 0 Å². The number of aliphatic hydroxyl groups excluding tert-OH is 4. The fourth-order valence-corrected chi connectivity index (χ4v) is 2.90. The highest BCUT2D eigenvalue weighted by molar-refractivity contribution is 5.83. The van der Waals surface area contributed by atoms with Crippen LogP contribution in [-0.2, 0) is 19.1 Å². The van der Waals surface area contributed by atoms with Crippen LogP contribution in [0.2, 0.25) is 0 Å². The molecule has 1 heterocycles. The second-order valence-corrected chi connectivity index (χ2v) is 6.83. The molecule has 1 aliphatic heterocycles. The summed E-state index contributed by atoms with van der Waals surface area (Å²) >= 11 is 0. The van der Waals surface area contributed by atoms with Gasteiger partial charge < -0.3 is 45.6 Å². The summed E-state index contributed by atoms with van der Waals surface area (Å²) in [6.45, 7) is 3.52. The van der Waals surface area contributed by atoms with E-state index in [1.165, 1.54) is 6.92 Å². The summed E-state index contributed by atoms with van der Waals surface area (Å²) in [5, 5.41) is 54.7.